The highest BCUT2D eigenvalue weighted by Crippen LogP contribution is 2.33. The van der Waals surface area contributed by atoms with Gasteiger partial charge >= 0.3 is 5.97 Å². The van der Waals surface area contributed by atoms with Gasteiger partial charge in [-0.3, -0.25) is 4.79 Å². The summed E-state index contributed by atoms with van der Waals surface area (Å²) in [7, 11) is 0. The van der Waals surface area contributed by atoms with Gasteiger partial charge in [0.15, 0.2) is 23.1 Å². The molecule has 0 spiro atoms. The molecule has 0 saturated carbocycles. The molecule has 3 atom stereocenters. The minimum Gasteiger partial charge on any atom is -0.456 e. The van der Waals surface area contributed by atoms with Gasteiger partial charge in [-0.1, -0.05) is 11.6 Å². The van der Waals surface area contributed by atoms with Crippen molar-refractivity contribution in [1.29, 1.82) is 0 Å². The van der Waals surface area contributed by atoms with E-state index in [1.807, 2.05) is 0 Å². The van der Waals surface area contributed by atoms with E-state index in [0.29, 0.717) is 17.0 Å². The summed E-state index contributed by atoms with van der Waals surface area (Å²) in [5.41, 5.74) is -2.21. The third kappa shape index (κ3) is 4.41. The molecule has 6 nitrogen and oxygen atoms in total. The fraction of sp³-hybridized carbons (Fsp3) is 0.263. The number of hydrogen-bond donors (Lipinski definition) is 3. The van der Waals surface area contributed by atoms with Gasteiger partial charge < -0.3 is 20.3 Å². The van der Waals surface area contributed by atoms with Crippen LogP contribution in [0, 0.1) is 17.5 Å². The highest BCUT2D eigenvalue weighted by Gasteiger charge is 2.52. The van der Waals surface area contributed by atoms with Crippen molar-refractivity contribution in [2.24, 2.45) is 0 Å². The van der Waals surface area contributed by atoms with Crippen LogP contribution in [0.1, 0.15) is 17.3 Å². The fourth-order valence-corrected chi connectivity index (χ4v) is 3.98. The Bertz CT molecular complexity index is 997. The first-order valence-electron chi connectivity index (χ1n) is 8.50. The number of esters is 1. The summed E-state index contributed by atoms with van der Waals surface area (Å²) in [6.45, 7) is 1.14. The van der Waals surface area contributed by atoms with Crippen LogP contribution < -0.4 is 5.32 Å². The lowest BCUT2D eigenvalue weighted by molar-refractivity contribution is -0.154. The topological polar surface area (TPSA) is 95.9 Å². The zero-order valence-corrected chi connectivity index (χ0v) is 16.9. The second-order valence-electron chi connectivity index (χ2n) is 6.70. The third-order valence-electron chi connectivity index (χ3n) is 4.44. The van der Waals surface area contributed by atoms with Gasteiger partial charge in [-0.25, -0.2) is 18.0 Å². The number of hydrogen-bond acceptors (Lipinski definition) is 6. The normalized spacial score (nSPS) is 23.4. The molecule has 1 amide bonds. The van der Waals surface area contributed by atoms with Crippen LogP contribution in [-0.2, 0) is 9.53 Å². The highest BCUT2D eigenvalue weighted by atomic mass is 35.5. The van der Waals surface area contributed by atoms with Crippen LogP contribution in [0.5, 0.6) is 0 Å². The van der Waals surface area contributed by atoms with Crippen molar-refractivity contribution < 1.29 is 37.7 Å². The number of ether oxygens (including phenoxy) is 1. The standard InChI is InChI=1S/C19H15ClF3NO5S/c1-19(28)16(25)13(29-18(19)27)7-30-14-4-8(2-3-10(14)20)17(26)24-9-5-11(21)15(23)12(22)6-9/h2-6,13,16,25,28H,7H2,1H3,(H,24,26)/t13-,16-,19-/m1/s1. The molecule has 1 heterocycles. The predicted molar refractivity (Wildman–Crippen MR) is 103 cm³/mol. The monoisotopic (exact) mass is 461 g/mol. The molecule has 11 heteroatoms. The van der Waals surface area contributed by atoms with E-state index in [4.69, 9.17) is 16.3 Å². The summed E-state index contributed by atoms with van der Waals surface area (Å²) in [6.07, 6.45) is -2.43. The minimum absolute atomic E-state index is 0.0439. The SMILES string of the molecule is C[C@]1(O)C(=O)O[C@H](CSc2cc(C(=O)Nc3cc(F)c(F)c(F)c3)ccc2Cl)[C@H]1O. The number of cyclic esters (lactones) is 1. The van der Waals surface area contributed by atoms with Crippen molar-refractivity contribution in [3.8, 4) is 0 Å². The third-order valence-corrected chi connectivity index (χ3v) is 6.02. The second kappa shape index (κ2) is 8.46. The largest absolute Gasteiger partial charge is 0.456 e. The summed E-state index contributed by atoms with van der Waals surface area (Å²) >= 11 is 7.18. The van der Waals surface area contributed by atoms with Crippen LogP contribution in [-0.4, -0.2) is 45.7 Å². The van der Waals surface area contributed by atoms with Crippen LogP contribution in [0.4, 0.5) is 18.9 Å². The fourth-order valence-electron chi connectivity index (χ4n) is 2.69. The molecule has 0 radical (unpaired) electrons. The van der Waals surface area contributed by atoms with Gasteiger partial charge in [0, 0.05) is 34.0 Å². The second-order valence-corrected chi connectivity index (χ2v) is 8.17. The van der Waals surface area contributed by atoms with E-state index in [9.17, 15) is 33.0 Å². The zero-order chi connectivity index (χ0) is 22.2. The van der Waals surface area contributed by atoms with E-state index >= 15 is 0 Å². The van der Waals surface area contributed by atoms with Crippen LogP contribution in [0.15, 0.2) is 35.2 Å². The highest BCUT2D eigenvalue weighted by molar-refractivity contribution is 7.99. The number of carbonyl (C=O) groups excluding carboxylic acids is 2. The number of nitrogens with one attached hydrogen (secondary N) is 1. The molecule has 1 fully saturated rings. The number of benzene rings is 2. The maximum Gasteiger partial charge on any atom is 0.341 e. The van der Waals surface area contributed by atoms with Crippen LogP contribution in [0.2, 0.25) is 5.02 Å². The maximum atomic E-state index is 13.3. The van der Waals surface area contributed by atoms with E-state index in [0.717, 1.165) is 18.7 Å². The van der Waals surface area contributed by atoms with Crippen molar-refractivity contribution >= 4 is 40.9 Å². The number of halogens is 4. The first kappa shape index (κ1) is 22.4. The molecule has 0 aromatic heterocycles. The molecule has 0 aliphatic carbocycles. The Kier molecular flexibility index (Phi) is 6.32. The molecule has 1 aliphatic rings. The van der Waals surface area contributed by atoms with E-state index in [1.165, 1.54) is 18.2 Å². The van der Waals surface area contributed by atoms with Crippen LogP contribution in [0.3, 0.4) is 0 Å². The molecule has 2 aromatic carbocycles. The van der Waals surface area contributed by atoms with E-state index in [-0.39, 0.29) is 22.0 Å². The molecular weight excluding hydrogens is 447 g/mol. The summed E-state index contributed by atoms with van der Waals surface area (Å²) < 4.78 is 44.6. The molecule has 3 N–H and O–H groups in total. The summed E-state index contributed by atoms with van der Waals surface area (Å²) in [4.78, 5) is 24.4. The van der Waals surface area contributed by atoms with Crippen molar-refractivity contribution in [2.75, 3.05) is 11.1 Å². The molecule has 0 bridgehead atoms. The van der Waals surface area contributed by atoms with Gasteiger partial charge in [-0.05, 0) is 25.1 Å². The Morgan fingerprint density at radius 2 is 1.90 bits per heavy atom. The average molecular weight is 462 g/mol. The average Bonchev–Trinajstić information content (AvgIpc) is 2.87. The Hall–Kier alpha value is -2.27. The van der Waals surface area contributed by atoms with Gasteiger partial charge in [0.25, 0.3) is 5.91 Å². The molecule has 1 saturated heterocycles. The number of aliphatic hydroxyl groups excluding tert-OH is 1. The molecule has 2 aromatic rings. The lowest BCUT2D eigenvalue weighted by Crippen LogP contribution is -2.43. The molecule has 3 rings (SSSR count). The van der Waals surface area contributed by atoms with Crippen molar-refractivity contribution in [2.45, 2.75) is 29.6 Å². The number of thioether (sulfide) groups is 1. The number of carbonyl (C=O) groups is 2. The summed E-state index contributed by atoms with van der Waals surface area (Å²) in [5, 5.41) is 22.4. The Morgan fingerprint density at radius 1 is 1.27 bits per heavy atom. The van der Waals surface area contributed by atoms with E-state index < -0.39 is 47.1 Å². The van der Waals surface area contributed by atoms with Gasteiger partial charge in [0.1, 0.15) is 12.2 Å². The van der Waals surface area contributed by atoms with Crippen molar-refractivity contribution in [1.82, 2.24) is 0 Å². The molecule has 1 aliphatic heterocycles. The maximum absolute atomic E-state index is 13.3. The van der Waals surface area contributed by atoms with Gasteiger partial charge in [0.2, 0.25) is 0 Å². The Labute approximate surface area is 178 Å². The number of amides is 1. The molecular formula is C19H15ClF3NO5S. The molecule has 160 valence electrons. The first-order valence-corrected chi connectivity index (χ1v) is 9.87. The Balaban J connectivity index is 1.72. The van der Waals surface area contributed by atoms with Gasteiger partial charge in [-0.15, -0.1) is 11.8 Å². The van der Waals surface area contributed by atoms with Crippen LogP contribution in [0.25, 0.3) is 0 Å². The van der Waals surface area contributed by atoms with E-state index in [1.54, 1.807) is 0 Å². The van der Waals surface area contributed by atoms with Gasteiger partial charge in [0.05, 0.1) is 5.02 Å². The molecule has 30 heavy (non-hydrogen) atoms. The quantitative estimate of drug-likeness (QED) is 0.360. The van der Waals surface area contributed by atoms with Crippen molar-refractivity contribution in [3.63, 3.8) is 0 Å². The molecule has 0 unspecified atom stereocenters. The summed E-state index contributed by atoms with van der Waals surface area (Å²) in [6, 6.07) is 5.46. The lowest BCUT2D eigenvalue weighted by atomic mass is 9.99. The number of aliphatic hydroxyl groups is 2. The minimum atomic E-state index is -2.02. The smallest absolute Gasteiger partial charge is 0.341 e. The number of rotatable bonds is 5. The summed E-state index contributed by atoms with van der Waals surface area (Å²) in [5.74, 6) is -6.17. The first-order chi connectivity index (χ1) is 14.0. The lowest BCUT2D eigenvalue weighted by Gasteiger charge is -2.18. The van der Waals surface area contributed by atoms with Crippen LogP contribution >= 0.6 is 23.4 Å². The van der Waals surface area contributed by atoms with E-state index in [2.05, 4.69) is 5.32 Å². The Morgan fingerprint density at radius 3 is 2.47 bits per heavy atom. The predicted octanol–water partition coefficient (Wildman–Crippen LogP) is 3.14. The van der Waals surface area contributed by atoms with Gasteiger partial charge in [-0.2, -0.15) is 0 Å². The van der Waals surface area contributed by atoms with Crippen molar-refractivity contribution in [3.05, 3.63) is 58.4 Å². The number of anilines is 1. The zero-order valence-electron chi connectivity index (χ0n) is 15.3.